The van der Waals surface area contributed by atoms with Gasteiger partial charge in [-0.05, 0) is 63.3 Å². The van der Waals surface area contributed by atoms with E-state index in [0.29, 0.717) is 12.1 Å². The van der Waals surface area contributed by atoms with Crippen molar-refractivity contribution < 1.29 is 4.74 Å². The summed E-state index contributed by atoms with van der Waals surface area (Å²) in [5.41, 5.74) is 1.41. The Kier molecular flexibility index (Phi) is 4.81. The van der Waals surface area contributed by atoms with E-state index in [1.807, 2.05) is 0 Å². The van der Waals surface area contributed by atoms with E-state index < -0.39 is 0 Å². The summed E-state index contributed by atoms with van der Waals surface area (Å²) in [4.78, 5) is 2.74. The Balaban J connectivity index is 1.58. The van der Waals surface area contributed by atoms with Crippen molar-refractivity contribution in [1.29, 1.82) is 0 Å². The van der Waals surface area contributed by atoms with Gasteiger partial charge in [0.05, 0.1) is 7.11 Å². The van der Waals surface area contributed by atoms with Crippen LogP contribution >= 0.6 is 0 Å². The predicted molar refractivity (Wildman–Crippen MR) is 86.9 cm³/mol. The summed E-state index contributed by atoms with van der Waals surface area (Å²) in [5, 5.41) is 3.65. The van der Waals surface area contributed by atoms with Crippen LogP contribution < -0.4 is 10.1 Å². The second kappa shape index (κ2) is 6.80. The van der Waals surface area contributed by atoms with Crippen LogP contribution in [-0.2, 0) is 6.42 Å². The number of nitrogens with one attached hydrogen (secondary N) is 1. The molecule has 2 atom stereocenters. The van der Waals surface area contributed by atoms with Gasteiger partial charge in [-0.3, -0.25) is 4.90 Å². The Morgan fingerprint density at radius 3 is 2.57 bits per heavy atom. The highest BCUT2D eigenvalue weighted by molar-refractivity contribution is 5.27. The van der Waals surface area contributed by atoms with E-state index in [2.05, 4.69) is 41.4 Å². The summed E-state index contributed by atoms with van der Waals surface area (Å²) in [7, 11) is 1.72. The summed E-state index contributed by atoms with van der Waals surface area (Å²) in [6, 6.07) is 10.7. The molecule has 1 heterocycles. The average Bonchev–Trinajstić information content (AvgIpc) is 3.21. The van der Waals surface area contributed by atoms with Gasteiger partial charge in [-0.25, -0.2) is 0 Å². The van der Waals surface area contributed by atoms with Crippen molar-refractivity contribution in [3.8, 4) is 5.75 Å². The van der Waals surface area contributed by atoms with Crippen LogP contribution in [0.4, 0.5) is 0 Å². The molecular formula is C18H28N2O. The maximum absolute atomic E-state index is 5.24. The van der Waals surface area contributed by atoms with Crippen LogP contribution in [0.15, 0.2) is 24.3 Å². The summed E-state index contributed by atoms with van der Waals surface area (Å²) in [5.74, 6) is 0.945. The van der Waals surface area contributed by atoms with E-state index in [1.165, 1.54) is 44.3 Å². The van der Waals surface area contributed by atoms with Crippen molar-refractivity contribution in [2.45, 2.75) is 57.2 Å². The molecule has 2 unspecified atom stereocenters. The minimum Gasteiger partial charge on any atom is -0.497 e. The molecule has 0 aromatic heterocycles. The molecule has 1 N–H and O–H groups in total. The fourth-order valence-electron chi connectivity index (χ4n) is 3.48. The zero-order valence-electron chi connectivity index (χ0n) is 13.3. The molecule has 1 saturated heterocycles. The average molecular weight is 288 g/mol. The van der Waals surface area contributed by atoms with Crippen molar-refractivity contribution in [2.75, 3.05) is 20.2 Å². The zero-order chi connectivity index (χ0) is 14.7. The third kappa shape index (κ3) is 3.98. The molecule has 3 nitrogen and oxygen atoms in total. The summed E-state index contributed by atoms with van der Waals surface area (Å²) < 4.78 is 5.24. The van der Waals surface area contributed by atoms with Crippen LogP contribution in [0.1, 0.15) is 38.2 Å². The van der Waals surface area contributed by atoms with E-state index >= 15 is 0 Å². The highest BCUT2D eigenvalue weighted by Crippen LogP contribution is 2.30. The van der Waals surface area contributed by atoms with Gasteiger partial charge in [0.25, 0.3) is 0 Å². The lowest BCUT2D eigenvalue weighted by molar-refractivity contribution is 0.180. The van der Waals surface area contributed by atoms with Gasteiger partial charge >= 0.3 is 0 Å². The van der Waals surface area contributed by atoms with E-state index in [0.717, 1.165) is 18.2 Å². The maximum atomic E-state index is 5.24. The standard InChI is InChI=1S/C18H28N2O/c1-14(12-15-5-9-18(21-2)10-6-15)20(17-7-8-17)13-16-4-3-11-19-16/h5-6,9-10,14,16-17,19H,3-4,7-8,11-13H2,1-2H3. The first-order valence-electron chi connectivity index (χ1n) is 8.38. The van der Waals surface area contributed by atoms with E-state index in [1.54, 1.807) is 7.11 Å². The first-order valence-corrected chi connectivity index (χ1v) is 8.38. The van der Waals surface area contributed by atoms with Gasteiger partial charge in [-0.15, -0.1) is 0 Å². The Bertz CT molecular complexity index is 435. The Hall–Kier alpha value is -1.06. The molecule has 1 aliphatic carbocycles. The van der Waals surface area contributed by atoms with E-state index in [-0.39, 0.29) is 0 Å². The summed E-state index contributed by atoms with van der Waals surface area (Å²) in [6.45, 7) is 4.82. The number of benzene rings is 1. The number of ether oxygens (including phenoxy) is 1. The fraction of sp³-hybridized carbons (Fsp3) is 0.667. The lowest BCUT2D eigenvalue weighted by Gasteiger charge is -2.31. The SMILES string of the molecule is COc1ccc(CC(C)N(CC2CCCN2)C2CC2)cc1. The molecule has 0 amide bonds. The molecule has 0 radical (unpaired) electrons. The molecule has 116 valence electrons. The first-order chi connectivity index (χ1) is 10.3. The minimum absolute atomic E-state index is 0.619. The highest BCUT2D eigenvalue weighted by atomic mass is 16.5. The molecule has 2 fully saturated rings. The number of methoxy groups -OCH3 is 1. The molecule has 2 aliphatic rings. The summed E-state index contributed by atoms with van der Waals surface area (Å²) >= 11 is 0. The first kappa shape index (κ1) is 14.9. The van der Waals surface area contributed by atoms with Gasteiger partial charge in [0.1, 0.15) is 5.75 Å². The largest absolute Gasteiger partial charge is 0.497 e. The highest BCUT2D eigenvalue weighted by Gasteiger charge is 2.34. The normalized spacial score (nSPS) is 23.5. The smallest absolute Gasteiger partial charge is 0.118 e. The molecular weight excluding hydrogens is 260 g/mol. The van der Waals surface area contributed by atoms with E-state index in [9.17, 15) is 0 Å². The summed E-state index contributed by atoms with van der Waals surface area (Å²) in [6.07, 6.45) is 6.60. The van der Waals surface area contributed by atoms with Crippen LogP contribution in [0, 0.1) is 0 Å². The Morgan fingerprint density at radius 2 is 2.00 bits per heavy atom. The van der Waals surface area contributed by atoms with Gasteiger partial charge in [-0.1, -0.05) is 12.1 Å². The Labute approximate surface area is 128 Å². The second-order valence-electron chi connectivity index (χ2n) is 6.62. The topological polar surface area (TPSA) is 24.5 Å². The zero-order valence-corrected chi connectivity index (χ0v) is 13.3. The number of hydrogen-bond acceptors (Lipinski definition) is 3. The third-order valence-electron chi connectivity index (χ3n) is 4.87. The van der Waals surface area contributed by atoms with Crippen molar-refractivity contribution in [3.63, 3.8) is 0 Å². The maximum Gasteiger partial charge on any atom is 0.118 e. The monoisotopic (exact) mass is 288 g/mol. The van der Waals surface area contributed by atoms with Gasteiger partial charge in [0.15, 0.2) is 0 Å². The molecule has 1 aromatic rings. The lowest BCUT2D eigenvalue weighted by Crippen LogP contribution is -2.44. The second-order valence-corrected chi connectivity index (χ2v) is 6.62. The Morgan fingerprint density at radius 1 is 1.24 bits per heavy atom. The molecule has 0 spiro atoms. The van der Waals surface area contributed by atoms with Crippen LogP contribution in [0.25, 0.3) is 0 Å². The van der Waals surface area contributed by atoms with Crippen LogP contribution in [0.3, 0.4) is 0 Å². The minimum atomic E-state index is 0.619. The number of nitrogens with zero attached hydrogens (tertiary/aromatic N) is 1. The molecule has 1 aromatic carbocycles. The molecule has 0 bridgehead atoms. The van der Waals surface area contributed by atoms with Gasteiger partial charge in [0, 0.05) is 24.7 Å². The van der Waals surface area contributed by atoms with Gasteiger partial charge in [-0.2, -0.15) is 0 Å². The number of rotatable bonds is 7. The fourth-order valence-corrected chi connectivity index (χ4v) is 3.48. The lowest BCUT2D eigenvalue weighted by atomic mass is 10.0. The molecule has 3 rings (SSSR count). The van der Waals surface area contributed by atoms with Gasteiger partial charge < -0.3 is 10.1 Å². The van der Waals surface area contributed by atoms with Crippen molar-refractivity contribution in [3.05, 3.63) is 29.8 Å². The van der Waals surface area contributed by atoms with Crippen LogP contribution in [0.2, 0.25) is 0 Å². The molecule has 21 heavy (non-hydrogen) atoms. The van der Waals surface area contributed by atoms with Crippen molar-refractivity contribution >= 4 is 0 Å². The van der Waals surface area contributed by atoms with Crippen LogP contribution in [0.5, 0.6) is 5.75 Å². The molecule has 3 heteroatoms. The predicted octanol–water partition coefficient (Wildman–Crippen LogP) is 2.84. The van der Waals surface area contributed by atoms with Gasteiger partial charge in [0.2, 0.25) is 0 Å². The van der Waals surface area contributed by atoms with E-state index in [4.69, 9.17) is 4.74 Å². The number of hydrogen-bond donors (Lipinski definition) is 1. The van der Waals surface area contributed by atoms with Crippen molar-refractivity contribution in [1.82, 2.24) is 10.2 Å². The molecule has 1 aliphatic heterocycles. The molecule has 1 saturated carbocycles. The third-order valence-corrected chi connectivity index (χ3v) is 4.87. The quantitative estimate of drug-likeness (QED) is 0.835. The van der Waals surface area contributed by atoms with Crippen LogP contribution in [-0.4, -0.2) is 43.2 Å². The van der Waals surface area contributed by atoms with Crippen molar-refractivity contribution in [2.24, 2.45) is 0 Å².